The zero-order valence-electron chi connectivity index (χ0n) is 10.6. The normalized spacial score (nSPS) is 11.6. The van der Waals surface area contributed by atoms with Crippen molar-refractivity contribution in [2.45, 2.75) is 38.6 Å². The molecule has 0 bridgehead atoms. The van der Waals surface area contributed by atoms with Crippen LogP contribution in [0.1, 0.15) is 31.7 Å². The van der Waals surface area contributed by atoms with Gasteiger partial charge in [-0.1, -0.05) is 12.1 Å². The molecule has 3 N–H and O–H groups in total. The van der Waals surface area contributed by atoms with Gasteiger partial charge in [0.1, 0.15) is 0 Å². The van der Waals surface area contributed by atoms with Gasteiger partial charge in [0, 0.05) is 18.2 Å². The highest BCUT2D eigenvalue weighted by Crippen LogP contribution is 2.11. The number of nitrogens with two attached hydrogens (primary N) is 1. The summed E-state index contributed by atoms with van der Waals surface area (Å²) in [5.41, 5.74) is 7.34. The van der Waals surface area contributed by atoms with Crippen LogP contribution in [-0.4, -0.2) is 11.9 Å². The third kappa shape index (κ3) is 5.46. The smallest absolute Gasteiger partial charge is 0.224 e. The monoisotopic (exact) mass is 245 g/mol. The molecule has 0 saturated carbocycles. The van der Waals surface area contributed by atoms with E-state index in [4.69, 9.17) is 11.0 Å². The zero-order chi connectivity index (χ0) is 13.4. The molecule has 0 heterocycles. The first-order valence-corrected chi connectivity index (χ1v) is 6.13. The minimum atomic E-state index is 0.00341. The summed E-state index contributed by atoms with van der Waals surface area (Å²) in [6, 6.07) is 9.55. The Kier molecular flexibility index (Phi) is 5.89. The van der Waals surface area contributed by atoms with Crippen LogP contribution < -0.4 is 11.1 Å². The van der Waals surface area contributed by atoms with Crippen LogP contribution in [0.5, 0.6) is 0 Å². The summed E-state index contributed by atoms with van der Waals surface area (Å²) in [5, 5.41) is 11.4. The van der Waals surface area contributed by atoms with E-state index in [0.717, 1.165) is 24.1 Å². The Morgan fingerprint density at radius 2 is 2.11 bits per heavy atom. The fourth-order valence-electron chi connectivity index (χ4n) is 1.61. The van der Waals surface area contributed by atoms with E-state index < -0.39 is 0 Å². The molecule has 1 atom stereocenters. The molecule has 0 aliphatic heterocycles. The molecule has 1 aromatic carbocycles. The lowest BCUT2D eigenvalue weighted by Gasteiger charge is -2.07. The lowest BCUT2D eigenvalue weighted by molar-refractivity contribution is -0.116. The van der Waals surface area contributed by atoms with E-state index in [1.54, 1.807) is 0 Å². The van der Waals surface area contributed by atoms with Gasteiger partial charge in [-0.3, -0.25) is 4.79 Å². The van der Waals surface area contributed by atoms with E-state index in [9.17, 15) is 4.79 Å². The first-order valence-electron chi connectivity index (χ1n) is 6.13. The number of hydrogen-bond acceptors (Lipinski definition) is 3. The van der Waals surface area contributed by atoms with Crippen molar-refractivity contribution in [1.29, 1.82) is 5.26 Å². The van der Waals surface area contributed by atoms with Crippen molar-refractivity contribution in [1.82, 2.24) is 0 Å². The highest BCUT2D eigenvalue weighted by Gasteiger charge is 2.03. The van der Waals surface area contributed by atoms with Crippen LogP contribution in [0.4, 0.5) is 5.69 Å². The van der Waals surface area contributed by atoms with Gasteiger partial charge in [-0.05, 0) is 37.5 Å². The van der Waals surface area contributed by atoms with Crippen LogP contribution in [0.25, 0.3) is 0 Å². The Labute approximate surface area is 108 Å². The molecule has 18 heavy (non-hydrogen) atoms. The maximum atomic E-state index is 11.6. The summed E-state index contributed by atoms with van der Waals surface area (Å²) < 4.78 is 0. The van der Waals surface area contributed by atoms with Gasteiger partial charge >= 0.3 is 0 Å². The second-order valence-electron chi connectivity index (χ2n) is 4.45. The number of carbonyl (C=O) groups is 1. The van der Waals surface area contributed by atoms with Crippen LogP contribution in [0.2, 0.25) is 0 Å². The third-order valence-corrected chi connectivity index (χ3v) is 2.58. The summed E-state index contributed by atoms with van der Waals surface area (Å²) in [6.45, 7) is 1.94. The molecule has 0 fully saturated rings. The Balaban J connectivity index is 2.38. The van der Waals surface area contributed by atoms with Gasteiger partial charge in [-0.15, -0.1) is 0 Å². The average Bonchev–Trinajstić information content (AvgIpc) is 2.31. The fourth-order valence-corrected chi connectivity index (χ4v) is 1.61. The molecular formula is C14H19N3O. The summed E-state index contributed by atoms with van der Waals surface area (Å²) in [7, 11) is 0. The summed E-state index contributed by atoms with van der Waals surface area (Å²) in [4.78, 5) is 11.6. The van der Waals surface area contributed by atoms with Gasteiger partial charge in [0.25, 0.3) is 0 Å². The van der Waals surface area contributed by atoms with E-state index in [1.165, 1.54) is 0 Å². The zero-order valence-corrected chi connectivity index (χ0v) is 10.6. The topological polar surface area (TPSA) is 78.9 Å². The molecule has 1 rings (SSSR count). The molecule has 0 saturated heterocycles. The Bertz CT molecular complexity index is 418. The number of nitriles is 1. The van der Waals surface area contributed by atoms with Gasteiger partial charge < -0.3 is 11.1 Å². The molecule has 1 amide bonds. The van der Waals surface area contributed by atoms with Gasteiger partial charge in [-0.25, -0.2) is 0 Å². The second-order valence-corrected chi connectivity index (χ2v) is 4.45. The third-order valence-electron chi connectivity index (χ3n) is 2.58. The number of hydrogen-bond donors (Lipinski definition) is 2. The van der Waals surface area contributed by atoms with Crippen LogP contribution in [0, 0.1) is 11.3 Å². The Morgan fingerprint density at radius 3 is 2.67 bits per heavy atom. The molecule has 96 valence electrons. The Hall–Kier alpha value is -1.86. The minimum Gasteiger partial charge on any atom is -0.328 e. The number of nitrogens with zero attached hydrogens (tertiary/aromatic N) is 1. The van der Waals surface area contributed by atoms with Crippen molar-refractivity contribution in [2.75, 3.05) is 5.32 Å². The van der Waals surface area contributed by atoms with Crippen LogP contribution in [-0.2, 0) is 11.2 Å². The van der Waals surface area contributed by atoms with E-state index in [0.29, 0.717) is 12.8 Å². The molecule has 0 aliphatic rings. The molecule has 1 unspecified atom stereocenters. The molecule has 0 aliphatic carbocycles. The molecule has 4 heteroatoms. The van der Waals surface area contributed by atoms with Crippen molar-refractivity contribution < 1.29 is 4.79 Å². The number of benzene rings is 1. The maximum Gasteiger partial charge on any atom is 0.224 e. The number of amides is 1. The molecule has 0 spiro atoms. The standard InChI is InChI=1S/C14H19N3O/c1-11(16)3-2-4-14(18)17-13-7-5-12(6-8-13)9-10-15/h5-8,11H,2-4,9,16H2,1H3,(H,17,18). The fraction of sp³-hybridized carbons (Fsp3) is 0.429. The average molecular weight is 245 g/mol. The molecule has 0 aromatic heterocycles. The van der Waals surface area contributed by atoms with Crippen LogP contribution in [0.3, 0.4) is 0 Å². The minimum absolute atomic E-state index is 0.00341. The van der Waals surface area contributed by atoms with Crippen molar-refractivity contribution >= 4 is 11.6 Å². The van der Waals surface area contributed by atoms with E-state index in [-0.39, 0.29) is 11.9 Å². The predicted molar refractivity (Wildman–Crippen MR) is 71.9 cm³/mol. The highest BCUT2D eigenvalue weighted by molar-refractivity contribution is 5.90. The quantitative estimate of drug-likeness (QED) is 0.806. The van der Waals surface area contributed by atoms with Gasteiger partial charge in [0.2, 0.25) is 5.91 Å². The van der Waals surface area contributed by atoms with Gasteiger partial charge in [-0.2, -0.15) is 5.26 Å². The highest BCUT2D eigenvalue weighted by atomic mass is 16.1. The summed E-state index contributed by atoms with van der Waals surface area (Å²) >= 11 is 0. The summed E-state index contributed by atoms with van der Waals surface area (Å²) in [6.07, 6.45) is 2.54. The second kappa shape index (κ2) is 7.46. The number of anilines is 1. The van der Waals surface area contributed by atoms with Gasteiger partial charge in [0.05, 0.1) is 12.5 Å². The molecular weight excluding hydrogens is 226 g/mol. The largest absolute Gasteiger partial charge is 0.328 e. The first kappa shape index (κ1) is 14.2. The lowest BCUT2D eigenvalue weighted by atomic mass is 10.1. The SMILES string of the molecule is CC(N)CCCC(=O)Nc1ccc(CC#N)cc1. The van der Waals surface area contributed by atoms with E-state index >= 15 is 0 Å². The van der Waals surface area contributed by atoms with Crippen molar-refractivity contribution in [3.05, 3.63) is 29.8 Å². The predicted octanol–water partition coefficient (Wildman–Crippen LogP) is 2.21. The molecule has 0 radical (unpaired) electrons. The lowest BCUT2D eigenvalue weighted by Crippen LogP contribution is -2.16. The van der Waals surface area contributed by atoms with Crippen molar-refractivity contribution in [3.8, 4) is 6.07 Å². The van der Waals surface area contributed by atoms with E-state index in [1.807, 2.05) is 31.2 Å². The first-order chi connectivity index (χ1) is 8.61. The van der Waals surface area contributed by atoms with Crippen molar-refractivity contribution in [3.63, 3.8) is 0 Å². The van der Waals surface area contributed by atoms with Crippen LogP contribution in [0.15, 0.2) is 24.3 Å². The molecule has 4 nitrogen and oxygen atoms in total. The van der Waals surface area contributed by atoms with E-state index in [2.05, 4.69) is 11.4 Å². The number of nitrogens with one attached hydrogen (secondary N) is 1. The molecule has 1 aromatic rings. The number of rotatable bonds is 6. The van der Waals surface area contributed by atoms with Gasteiger partial charge in [0.15, 0.2) is 0 Å². The number of carbonyl (C=O) groups excluding carboxylic acids is 1. The summed E-state index contributed by atoms with van der Waals surface area (Å²) in [5.74, 6) is 0.00341. The Morgan fingerprint density at radius 1 is 1.44 bits per heavy atom. The van der Waals surface area contributed by atoms with Crippen molar-refractivity contribution in [2.24, 2.45) is 5.73 Å². The van der Waals surface area contributed by atoms with Crippen LogP contribution >= 0.6 is 0 Å². The maximum absolute atomic E-state index is 11.6.